The number of carbonyl (C=O) groups excluding carboxylic acids is 2. The van der Waals surface area contributed by atoms with Crippen molar-refractivity contribution < 1.29 is 9.59 Å². The van der Waals surface area contributed by atoms with Gasteiger partial charge in [-0.05, 0) is 37.5 Å². The summed E-state index contributed by atoms with van der Waals surface area (Å²) in [6, 6.07) is 0. The summed E-state index contributed by atoms with van der Waals surface area (Å²) in [6.45, 7) is 8.33. The Kier molecular flexibility index (Phi) is 12.0. The van der Waals surface area contributed by atoms with E-state index in [-0.39, 0.29) is 0 Å². The summed E-state index contributed by atoms with van der Waals surface area (Å²) in [7, 11) is 0. The molecule has 22 heavy (non-hydrogen) atoms. The number of hydrogen-bond acceptors (Lipinski definition) is 4. The van der Waals surface area contributed by atoms with Gasteiger partial charge in [0.15, 0.2) is 0 Å². The maximum Gasteiger partial charge on any atom is 0.331 e. The molecule has 126 valence electrons. The molecule has 2 atom stereocenters. The average Bonchev–Trinajstić information content (AvgIpc) is 2.52. The Morgan fingerprint density at radius 3 is 1.45 bits per heavy atom. The van der Waals surface area contributed by atoms with Gasteiger partial charge < -0.3 is 0 Å². The molecule has 0 aliphatic rings. The third-order valence-corrected chi connectivity index (χ3v) is 3.48. The van der Waals surface area contributed by atoms with Gasteiger partial charge in [0.1, 0.15) is 0 Å². The molecule has 0 aliphatic carbocycles. The third kappa shape index (κ3) is 9.26. The van der Waals surface area contributed by atoms with E-state index >= 15 is 0 Å². The van der Waals surface area contributed by atoms with Crippen LogP contribution in [0.25, 0.3) is 0 Å². The highest BCUT2D eigenvalue weighted by Gasteiger charge is 2.11. The molecule has 0 bridgehead atoms. The number of nitrogens with one attached hydrogen (secondary N) is 2. The predicted molar refractivity (Wildman–Crippen MR) is 90.6 cm³/mol. The van der Waals surface area contributed by atoms with Gasteiger partial charge in [-0.2, -0.15) is 10.2 Å². The highest BCUT2D eigenvalue weighted by Crippen LogP contribution is 2.07. The number of amides is 2. The standard InChI is InChI=1S/C16H30N4O2/c1-5-9-13(7-3)11-17-19-15(21)16(22)20-18-12-14(8-4)10-6-2/h11-14H,5-10H2,1-4H3,(H,19,21)(H,20,22). The molecule has 0 aliphatic heterocycles. The first-order valence-electron chi connectivity index (χ1n) is 8.25. The zero-order valence-corrected chi connectivity index (χ0v) is 14.3. The van der Waals surface area contributed by atoms with Crippen LogP contribution in [0.15, 0.2) is 10.2 Å². The van der Waals surface area contributed by atoms with Gasteiger partial charge in [-0.3, -0.25) is 9.59 Å². The van der Waals surface area contributed by atoms with Crippen molar-refractivity contribution in [1.82, 2.24) is 10.9 Å². The van der Waals surface area contributed by atoms with E-state index in [1.165, 1.54) is 0 Å². The average molecular weight is 310 g/mol. The minimum absolute atomic E-state index is 0.325. The highest BCUT2D eigenvalue weighted by atomic mass is 16.2. The van der Waals surface area contributed by atoms with Crippen molar-refractivity contribution in [2.24, 2.45) is 22.0 Å². The lowest BCUT2D eigenvalue weighted by Crippen LogP contribution is -2.35. The van der Waals surface area contributed by atoms with E-state index in [0.29, 0.717) is 11.8 Å². The topological polar surface area (TPSA) is 82.9 Å². The summed E-state index contributed by atoms with van der Waals surface area (Å²) in [5.74, 6) is -0.956. The fraction of sp³-hybridized carbons (Fsp3) is 0.750. The zero-order valence-electron chi connectivity index (χ0n) is 14.3. The van der Waals surface area contributed by atoms with Crippen LogP contribution in [0, 0.1) is 11.8 Å². The normalized spacial score (nSPS) is 14.2. The molecule has 0 heterocycles. The molecule has 0 radical (unpaired) electrons. The molecule has 0 saturated heterocycles. The molecule has 6 heteroatoms. The van der Waals surface area contributed by atoms with Crippen molar-refractivity contribution in [3.05, 3.63) is 0 Å². The van der Waals surface area contributed by atoms with E-state index in [9.17, 15) is 9.59 Å². The van der Waals surface area contributed by atoms with Crippen LogP contribution in [-0.4, -0.2) is 24.2 Å². The Morgan fingerprint density at radius 2 is 1.18 bits per heavy atom. The van der Waals surface area contributed by atoms with Crippen LogP contribution in [0.2, 0.25) is 0 Å². The molecular weight excluding hydrogens is 280 g/mol. The minimum atomic E-state index is -0.803. The van der Waals surface area contributed by atoms with Crippen molar-refractivity contribution in [2.45, 2.75) is 66.2 Å². The summed E-state index contributed by atoms with van der Waals surface area (Å²) < 4.78 is 0. The van der Waals surface area contributed by atoms with Crippen molar-refractivity contribution >= 4 is 24.2 Å². The molecule has 0 saturated carbocycles. The quantitative estimate of drug-likeness (QED) is 0.369. The van der Waals surface area contributed by atoms with Crippen LogP contribution in [-0.2, 0) is 9.59 Å². The maximum absolute atomic E-state index is 11.5. The number of hydrogen-bond donors (Lipinski definition) is 2. The summed E-state index contributed by atoms with van der Waals surface area (Å²) in [5, 5.41) is 7.67. The summed E-state index contributed by atoms with van der Waals surface area (Å²) in [4.78, 5) is 23.1. The summed E-state index contributed by atoms with van der Waals surface area (Å²) in [5.41, 5.74) is 4.45. The monoisotopic (exact) mass is 310 g/mol. The van der Waals surface area contributed by atoms with Crippen LogP contribution in [0.1, 0.15) is 66.2 Å². The highest BCUT2D eigenvalue weighted by molar-refractivity contribution is 6.35. The molecule has 0 aromatic carbocycles. The fourth-order valence-corrected chi connectivity index (χ4v) is 2.01. The van der Waals surface area contributed by atoms with Gasteiger partial charge in [0, 0.05) is 12.4 Å². The molecule has 0 aromatic rings. The molecule has 6 nitrogen and oxygen atoms in total. The van der Waals surface area contributed by atoms with Crippen LogP contribution in [0.3, 0.4) is 0 Å². The van der Waals surface area contributed by atoms with E-state index in [1.54, 1.807) is 12.4 Å². The third-order valence-electron chi connectivity index (χ3n) is 3.48. The first kappa shape index (κ1) is 20.3. The Morgan fingerprint density at radius 1 is 0.818 bits per heavy atom. The van der Waals surface area contributed by atoms with E-state index < -0.39 is 11.8 Å². The summed E-state index contributed by atoms with van der Waals surface area (Å²) in [6.07, 6.45) is 9.44. The molecule has 0 spiro atoms. The van der Waals surface area contributed by atoms with Crippen molar-refractivity contribution in [2.75, 3.05) is 0 Å². The first-order valence-corrected chi connectivity index (χ1v) is 8.25. The van der Waals surface area contributed by atoms with E-state index in [0.717, 1.165) is 38.5 Å². The van der Waals surface area contributed by atoms with Gasteiger partial charge in [-0.25, -0.2) is 10.9 Å². The van der Waals surface area contributed by atoms with E-state index in [2.05, 4.69) is 48.7 Å². The molecule has 0 aromatic heterocycles. The van der Waals surface area contributed by atoms with Crippen LogP contribution in [0.5, 0.6) is 0 Å². The zero-order chi connectivity index (χ0) is 16.8. The van der Waals surface area contributed by atoms with Crippen molar-refractivity contribution in [3.8, 4) is 0 Å². The Hall–Kier alpha value is -1.72. The Labute approximate surface area is 133 Å². The minimum Gasteiger partial charge on any atom is -0.262 e. The molecule has 2 amide bonds. The van der Waals surface area contributed by atoms with E-state index in [1.807, 2.05) is 0 Å². The molecule has 2 N–H and O–H groups in total. The second-order valence-corrected chi connectivity index (χ2v) is 5.35. The van der Waals surface area contributed by atoms with E-state index in [4.69, 9.17) is 0 Å². The molecule has 2 unspecified atom stereocenters. The van der Waals surface area contributed by atoms with Crippen LogP contribution >= 0.6 is 0 Å². The molecule has 0 fully saturated rings. The fourth-order valence-electron chi connectivity index (χ4n) is 2.01. The Bertz CT molecular complexity index is 344. The summed E-state index contributed by atoms with van der Waals surface area (Å²) >= 11 is 0. The van der Waals surface area contributed by atoms with Gasteiger partial charge in [-0.15, -0.1) is 0 Å². The van der Waals surface area contributed by atoms with Crippen LogP contribution in [0.4, 0.5) is 0 Å². The SMILES string of the molecule is CCCC(C=NNC(=O)C(=O)NN=CC(CC)CCC)CC. The van der Waals surface area contributed by atoms with Gasteiger partial charge >= 0.3 is 11.8 Å². The number of nitrogens with zero attached hydrogens (tertiary/aromatic N) is 2. The van der Waals surface area contributed by atoms with Crippen molar-refractivity contribution in [1.29, 1.82) is 0 Å². The second-order valence-electron chi connectivity index (χ2n) is 5.35. The van der Waals surface area contributed by atoms with Gasteiger partial charge in [-0.1, -0.05) is 40.5 Å². The smallest absolute Gasteiger partial charge is 0.262 e. The predicted octanol–water partition coefficient (Wildman–Crippen LogP) is 2.84. The Balaban J connectivity index is 4.19. The lowest BCUT2D eigenvalue weighted by atomic mass is 10.0. The van der Waals surface area contributed by atoms with Crippen LogP contribution < -0.4 is 10.9 Å². The lowest BCUT2D eigenvalue weighted by Gasteiger charge is -2.07. The second kappa shape index (κ2) is 13.0. The molecular formula is C16H30N4O2. The lowest BCUT2D eigenvalue weighted by molar-refractivity contribution is -0.139. The van der Waals surface area contributed by atoms with Gasteiger partial charge in [0.2, 0.25) is 0 Å². The number of hydrazone groups is 2. The van der Waals surface area contributed by atoms with Gasteiger partial charge in [0.25, 0.3) is 0 Å². The maximum atomic E-state index is 11.5. The van der Waals surface area contributed by atoms with Gasteiger partial charge in [0.05, 0.1) is 0 Å². The number of rotatable bonds is 10. The molecule has 0 rings (SSSR count). The largest absolute Gasteiger partial charge is 0.331 e. The first-order chi connectivity index (χ1) is 10.6. The van der Waals surface area contributed by atoms with Crippen molar-refractivity contribution in [3.63, 3.8) is 0 Å². The number of carbonyl (C=O) groups is 2.